The Hall–Kier alpha value is -0.800. The maximum Gasteiger partial charge on any atom is 0.105 e. The lowest BCUT2D eigenvalue weighted by atomic mass is 10.1. The standard InChI is InChI=1S/C10H16N2O/c1-7-5-9(7)10(12-11)6-8-3-2-4-13-8/h2-4,7,9-10,12H,5-6,11H2,1H3. The third-order valence-corrected chi connectivity index (χ3v) is 2.90. The van der Waals surface area contributed by atoms with Crippen molar-refractivity contribution >= 4 is 0 Å². The van der Waals surface area contributed by atoms with Gasteiger partial charge in [0.15, 0.2) is 0 Å². The highest BCUT2D eigenvalue weighted by atomic mass is 16.3. The topological polar surface area (TPSA) is 51.2 Å². The Balaban J connectivity index is 1.91. The summed E-state index contributed by atoms with van der Waals surface area (Å²) in [6.07, 6.45) is 3.90. The number of rotatable bonds is 4. The Bertz CT molecular complexity index is 258. The molecule has 0 spiro atoms. The molecule has 1 aromatic rings. The lowest BCUT2D eigenvalue weighted by Gasteiger charge is -2.13. The maximum absolute atomic E-state index is 5.50. The fourth-order valence-corrected chi connectivity index (χ4v) is 1.89. The summed E-state index contributed by atoms with van der Waals surface area (Å²) >= 11 is 0. The summed E-state index contributed by atoms with van der Waals surface area (Å²) in [5, 5.41) is 0. The molecule has 0 radical (unpaired) electrons. The smallest absolute Gasteiger partial charge is 0.105 e. The number of nitrogens with two attached hydrogens (primary N) is 1. The summed E-state index contributed by atoms with van der Waals surface area (Å²) in [6.45, 7) is 2.26. The molecule has 1 aliphatic carbocycles. The third-order valence-electron chi connectivity index (χ3n) is 2.90. The van der Waals surface area contributed by atoms with Crippen molar-refractivity contribution in [3.05, 3.63) is 24.2 Å². The Morgan fingerprint density at radius 2 is 2.54 bits per heavy atom. The first-order chi connectivity index (χ1) is 6.31. The number of hydrazine groups is 1. The van der Waals surface area contributed by atoms with E-state index in [0.717, 1.165) is 24.0 Å². The SMILES string of the molecule is CC1CC1C(Cc1ccco1)NN. The van der Waals surface area contributed by atoms with Crippen LogP contribution in [-0.2, 0) is 6.42 Å². The molecular formula is C10H16N2O. The second-order valence-corrected chi connectivity index (χ2v) is 3.93. The first-order valence-corrected chi connectivity index (χ1v) is 4.79. The predicted molar refractivity (Wildman–Crippen MR) is 50.8 cm³/mol. The van der Waals surface area contributed by atoms with E-state index < -0.39 is 0 Å². The summed E-state index contributed by atoms with van der Waals surface area (Å²) in [6, 6.07) is 4.29. The molecule has 0 amide bonds. The largest absolute Gasteiger partial charge is 0.469 e. The van der Waals surface area contributed by atoms with Crippen molar-refractivity contribution in [1.82, 2.24) is 5.43 Å². The summed E-state index contributed by atoms with van der Waals surface area (Å²) < 4.78 is 5.28. The van der Waals surface area contributed by atoms with Crippen molar-refractivity contribution in [2.75, 3.05) is 0 Å². The first-order valence-electron chi connectivity index (χ1n) is 4.79. The monoisotopic (exact) mass is 180 g/mol. The van der Waals surface area contributed by atoms with Gasteiger partial charge in [0.2, 0.25) is 0 Å². The lowest BCUT2D eigenvalue weighted by molar-refractivity contribution is 0.407. The van der Waals surface area contributed by atoms with Gasteiger partial charge >= 0.3 is 0 Å². The molecule has 0 bridgehead atoms. The second-order valence-electron chi connectivity index (χ2n) is 3.93. The molecule has 1 saturated carbocycles. The van der Waals surface area contributed by atoms with Gasteiger partial charge in [0.1, 0.15) is 5.76 Å². The summed E-state index contributed by atoms with van der Waals surface area (Å²) in [5.74, 6) is 8.06. The van der Waals surface area contributed by atoms with Crippen LogP contribution in [0.3, 0.4) is 0 Å². The maximum atomic E-state index is 5.50. The average molecular weight is 180 g/mol. The molecular weight excluding hydrogens is 164 g/mol. The van der Waals surface area contributed by atoms with Gasteiger partial charge < -0.3 is 4.42 Å². The minimum absolute atomic E-state index is 0.376. The molecule has 1 heterocycles. The second kappa shape index (κ2) is 3.52. The van der Waals surface area contributed by atoms with Crippen molar-refractivity contribution < 1.29 is 4.42 Å². The molecule has 1 aliphatic rings. The Labute approximate surface area is 78.3 Å². The van der Waals surface area contributed by atoms with Crippen LogP contribution in [-0.4, -0.2) is 6.04 Å². The zero-order valence-electron chi connectivity index (χ0n) is 7.86. The van der Waals surface area contributed by atoms with E-state index in [1.807, 2.05) is 12.1 Å². The van der Waals surface area contributed by atoms with Crippen molar-refractivity contribution in [2.45, 2.75) is 25.8 Å². The molecule has 3 N–H and O–H groups in total. The van der Waals surface area contributed by atoms with Crippen molar-refractivity contribution in [2.24, 2.45) is 17.7 Å². The van der Waals surface area contributed by atoms with Gasteiger partial charge in [0.25, 0.3) is 0 Å². The van der Waals surface area contributed by atoms with Gasteiger partial charge in [0, 0.05) is 12.5 Å². The summed E-state index contributed by atoms with van der Waals surface area (Å²) in [4.78, 5) is 0. The molecule has 2 rings (SSSR count). The van der Waals surface area contributed by atoms with E-state index in [1.54, 1.807) is 6.26 Å². The fraction of sp³-hybridized carbons (Fsp3) is 0.600. The molecule has 0 saturated heterocycles. The van der Waals surface area contributed by atoms with E-state index in [-0.39, 0.29) is 0 Å². The van der Waals surface area contributed by atoms with Gasteiger partial charge in [-0.05, 0) is 30.4 Å². The van der Waals surface area contributed by atoms with E-state index in [1.165, 1.54) is 6.42 Å². The summed E-state index contributed by atoms with van der Waals surface area (Å²) in [7, 11) is 0. The normalized spacial score (nSPS) is 28.8. The van der Waals surface area contributed by atoms with Crippen LogP contribution in [0.25, 0.3) is 0 Å². The van der Waals surface area contributed by atoms with E-state index in [2.05, 4.69) is 12.3 Å². The van der Waals surface area contributed by atoms with Crippen molar-refractivity contribution in [3.8, 4) is 0 Å². The number of hydrogen-bond acceptors (Lipinski definition) is 3. The van der Waals surface area contributed by atoms with E-state index >= 15 is 0 Å². The van der Waals surface area contributed by atoms with Crippen LogP contribution in [0.2, 0.25) is 0 Å². The van der Waals surface area contributed by atoms with Crippen LogP contribution in [0, 0.1) is 11.8 Å². The number of nitrogens with one attached hydrogen (secondary N) is 1. The molecule has 72 valence electrons. The van der Waals surface area contributed by atoms with E-state index in [9.17, 15) is 0 Å². The molecule has 3 nitrogen and oxygen atoms in total. The molecule has 1 aromatic heterocycles. The van der Waals surface area contributed by atoms with Gasteiger partial charge in [-0.3, -0.25) is 11.3 Å². The highest BCUT2D eigenvalue weighted by molar-refractivity contribution is 5.04. The molecule has 3 heteroatoms. The Morgan fingerprint density at radius 3 is 3.00 bits per heavy atom. The van der Waals surface area contributed by atoms with Gasteiger partial charge in [-0.15, -0.1) is 0 Å². The zero-order chi connectivity index (χ0) is 9.26. The van der Waals surface area contributed by atoms with Crippen LogP contribution < -0.4 is 11.3 Å². The minimum Gasteiger partial charge on any atom is -0.469 e. The zero-order valence-corrected chi connectivity index (χ0v) is 7.86. The van der Waals surface area contributed by atoms with E-state index in [0.29, 0.717) is 6.04 Å². The Kier molecular flexibility index (Phi) is 2.38. The molecule has 3 atom stereocenters. The van der Waals surface area contributed by atoms with Crippen LogP contribution in [0.5, 0.6) is 0 Å². The molecule has 13 heavy (non-hydrogen) atoms. The summed E-state index contributed by atoms with van der Waals surface area (Å²) in [5.41, 5.74) is 2.87. The van der Waals surface area contributed by atoms with Crippen molar-refractivity contribution in [3.63, 3.8) is 0 Å². The van der Waals surface area contributed by atoms with Gasteiger partial charge in [-0.1, -0.05) is 6.92 Å². The molecule has 0 aliphatic heterocycles. The van der Waals surface area contributed by atoms with Crippen molar-refractivity contribution in [1.29, 1.82) is 0 Å². The van der Waals surface area contributed by atoms with Crippen LogP contribution in [0.15, 0.2) is 22.8 Å². The third kappa shape index (κ3) is 1.92. The van der Waals surface area contributed by atoms with E-state index in [4.69, 9.17) is 10.3 Å². The van der Waals surface area contributed by atoms with Crippen LogP contribution in [0.4, 0.5) is 0 Å². The fourth-order valence-electron chi connectivity index (χ4n) is 1.89. The molecule has 1 fully saturated rings. The number of furan rings is 1. The van der Waals surface area contributed by atoms with Gasteiger partial charge in [-0.2, -0.15) is 0 Å². The van der Waals surface area contributed by atoms with Gasteiger partial charge in [0.05, 0.1) is 6.26 Å². The molecule has 3 unspecified atom stereocenters. The first kappa shape index (κ1) is 8.78. The Morgan fingerprint density at radius 1 is 1.77 bits per heavy atom. The minimum atomic E-state index is 0.376. The quantitative estimate of drug-likeness (QED) is 0.542. The van der Waals surface area contributed by atoms with Crippen LogP contribution in [0.1, 0.15) is 19.1 Å². The molecule has 0 aromatic carbocycles. The predicted octanol–water partition coefficient (Wildman–Crippen LogP) is 1.31. The number of hydrogen-bond donors (Lipinski definition) is 2. The van der Waals surface area contributed by atoms with Gasteiger partial charge in [-0.25, -0.2) is 0 Å². The van der Waals surface area contributed by atoms with Crippen LogP contribution >= 0.6 is 0 Å². The highest BCUT2D eigenvalue weighted by Crippen LogP contribution is 2.41. The highest BCUT2D eigenvalue weighted by Gasteiger charge is 2.39. The average Bonchev–Trinajstić information content (AvgIpc) is 2.68. The lowest BCUT2D eigenvalue weighted by Crippen LogP contribution is -2.38.